The highest BCUT2D eigenvalue weighted by Crippen LogP contribution is 2.36. The number of hydrogen-bond acceptors (Lipinski definition) is 6. The van der Waals surface area contributed by atoms with Gasteiger partial charge in [0.25, 0.3) is 10.0 Å². The van der Waals surface area contributed by atoms with Gasteiger partial charge in [0, 0.05) is 25.1 Å². The van der Waals surface area contributed by atoms with Gasteiger partial charge in [0.15, 0.2) is 11.5 Å². The summed E-state index contributed by atoms with van der Waals surface area (Å²) in [6, 6.07) is 25.7. The van der Waals surface area contributed by atoms with Crippen LogP contribution in [0.25, 0.3) is 0 Å². The third-order valence-electron chi connectivity index (χ3n) is 7.46. The van der Waals surface area contributed by atoms with Crippen molar-refractivity contribution in [2.75, 3.05) is 24.1 Å². The molecule has 0 radical (unpaired) electrons. The Balaban J connectivity index is 1.59. The molecule has 1 atom stereocenters. The molecule has 2 amide bonds. The molecule has 1 aliphatic rings. The number of carbonyl (C=O) groups is 2. The quantitative estimate of drug-likeness (QED) is 0.191. The average Bonchev–Trinajstić information content (AvgIpc) is 3.07. The van der Waals surface area contributed by atoms with Crippen LogP contribution in [-0.2, 0) is 32.6 Å². The van der Waals surface area contributed by atoms with E-state index in [1.54, 1.807) is 54.6 Å². The fourth-order valence-electron chi connectivity index (χ4n) is 5.20. The summed E-state index contributed by atoms with van der Waals surface area (Å²) in [6.45, 7) is 3.67. The molecule has 12 heteroatoms. The van der Waals surface area contributed by atoms with Gasteiger partial charge < -0.3 is 19.7 Å². The van der Waals surface area contributed by atoms with Crippen LogP contribution < -0.4 is 19.1 Å². The summed E-state index contributed by atoms with van der Waals surface area (Å²) in [5.74, 6) is -0.155. The zero-order chi connectivity index (χ0) is 33.6. The Labute approximate surface area is 285 Å². The molecule has 0 fully saturated rings. The van der Waals surface area contributed by atoms with Crippen molar-refractivity contribution in [3.8, 4) is 11.5 Å². The average molecular weight is 697 g/mol. The Morgan fingerprint density at radius 3 is 2.13 bits per heavy atom. The van der Waals surface area contributed by atoms with Gasteiger partial charge in [-0.3, -0.25) is 13.9 Å². The molecule has 0 aliphatic carbocycles. The molecule has 1 heterocycles. The molecule has 47 heavy (non-hydrogen) atoms. The summed E-state index contributed by atoms with van der Waals surface area (Å²) in [5, 5.41) is 3.56. The molecule has 0 bridgehead atoms. The smallest absolute Gasteiger partial charge is 0.264 e. The minimum Gasteiger partial charge on any atom is -0.486 e. The number of hydrogen-bond donors (Lipinski definition) is 1. The van der Waals surface area contributed by atoms with E-state index in [4.69, 9.17) is 32.7 Å². The van der Waals surface area contributed by atoms with Gasteiger partial charge in [-0.2, -0.15) is 0 Å². The monoisotopic (exact) mass is 695 g/mol. The van der Waals surface area contributed by atoms with Gasteiger partial charge in [-0.05, 0) is 61.4 Å². The van der Waals surface area contributed by atoms with Crippen LogP contribution in [0, 0.1) is 0 Å². The molecule has 0 saturated carbocycles. The number of amides is 2. The van der Waals surface area contributed by atoms with E-state index in [-0.39, 0.29) is 40.5 Å². The maximum atomic E-state index is 14.6. The molecule has 0 spiro atoms. The SMILES string of the molecule is CC(C)NC(=O)[C@@H](Cc1ccccc1)N(Cc1ccc(Cl)c(Cl)c1)C(=O)CN(c1ccc2c(c1)OCCO2)S(=O)(=O)c1ccccc1. The number of carbonyl (C=O) groups excluding carboxylic acids is 2. The minimum atomic E-state index is -4.27. The first-order chi connectivity index (χ1) is 22.5. The van der Waals surface area contributed by atoms with Crippen LogP contribution >= 0.6 is 23.2 Å². The van der Waals surface area contributed by atoms with E-state index in [1.807, 2.05) is 44.2 Å². The Bertz CT molecular complexity index is 1820. The van der Waals surface area contributed by atoms with Crippen LogP contribution in [0.4, 0.5) is 5.69 Å². The van der Waals surface area contributed by atoms with E-state index in [9.17, 15) is 18.0 Å². The van der Waals surface area contributed by atoms with Gasteiger partial charge in [-0.25, -0.2) is 8.42 Å². The second-order valence-corrected chi connectivity index (χ2v) is 14.0. The van der Waals surface area contributed by atoms with Crippen molar-refractivity contribution >= 4 is 50.7 Å². The number of fused-ring (bicyclic) bond motifs is 1. The summed E-state index contributed by atoms with van der Waals surface area (Å²) in [5.41, 5.74) is 1.64. The lowest BCUT2D eigenvalue weighted by molar-refractivity contribution is -0.140. The van der Waals surface area contributed by atoms with E-state index >= 15 is 0 Å². The zero-order valence-corrected chi connectivity index (χ0v) is 28.3. The summed E-state index contributed by atoms with van der Waals surface area (Å²) in [6.07, 6.45) is 0.182. The number of rotatable bonds is 12. The maximum absolute atomic E-state index is 14.6. The highest BCUT2D eigenvalue weighted by molar-refractivity contribution is 7.92. The first-order valence-electron chi connectivity index (χ1n) is 15.1. The predicted octanol–water partition coefficient (Wildman–Crippen LogP) is 6.12. The van der Waals surface area contributed by atoms with Gasteiger partial charge in [-0.1, -0.05) is 77.8 Å². The van der Waals surface area contributed by atoms with Crippen molar-refractivity contribution in [1.29, 1.82) is 0 Å². The standard InChI is InChI=1S/C35H35Cl2N3O6S/c1-24(2)38-35(42)31(20-25-9-5-3-6-10-25)39(22-26-13-15-29(36)30(37)19-26)34(41)23-40(47(43,44)28-11-7-4-8-12-28)27-14-16-32-33(21-27)46-18-17-45-32/h3-16,19,21,24,31H,17-18,20,22-23H2,1-2H3,(H,38,42)/t31-/m1/s1. The van der Waals surface area contributed by atoms with Crippen LogP contribution in [0.3, 0.4) is 0 Å². The topological polar surface area (TPSA) is 105 Å². The summed E-state index contributed by atoms with van der Waals surface area (Å²) < 4.78 is 40.8. The maximum Gasteiger partial charge on any atom is 0.264 e. The normalized spacial score (nSPS) is 13.1. The van der Waals surface area contributed by atoms with Gasteiger partial charge in [0.05, 0.1) is 20.6 Å². The first kappa shape index (κ1) is 34.1. The second-order valence-electron chi connectivity index (χ2n) is 11.3. The molecule has 0 unspecified atom stereocenters. The lowest BCUT2D eigenvalue weighted by Gasteiger charge is -2.34. The molecule has 0 saturated heterocycles. The Hall–Kier alpha value is -4.25. The molecule has 246 valence electrons. The van der Waals surface area contributed by atoms with E-state index in [0.29, 0.717) is 35.3 Å². The molecular weight excluding hydrogens is 661 g/mol. The van der Waals surface area contributed by atoms with Gasteiger partial charge >= 0.3 is 0 Å². The fraction of sp³-hybridized carbons (Fsp3) is 0.257. The summed E-state index contributed by atoms with van der Waals surface area (Å²) in [4.78, 5) is 29.8. The molecule has 9 nitrogen and oxygen atoms in total. The Morgan fingerprint density at radius 1 is 0.809 bits per heavy atom. The number of ether oxygens (including phenoxy) is 2. The molecular formula is C35H35Cl2N3O6S. The molecule has 1 aliphatic heterocycles. The molecule has 4 aromatic carbocycles. The van der Waals surface area contributed by atoms with Crippen molar-refractivity contribution in [2.24, 2.45) is 0 Å². The van der Waals surface area contributed by atoms with Crippen LogP contribution in [-0.4, -0.2) is 57.0 Å². The summed E-state index contributed by atoms with van der Waals surface area (Å²) >= 11 is 12.5. The summed E-state index contributed by atoms with van der Waals surface area (Å²) in [7, 11) is -4.27. The largest absolute Gasteiger partial charge is 0.486 e. The third kappa shape index (κ3) is 8.38. The lowest BCUT2D eigenvalue weighted by atomic mass is 10.0. The van der Waals surface area contributed by atoms with Crippen molar-refractivity contribution in [1.82, 2.24) is 10.2 Å². The van der Waals surface area contributed by atoms with Crippen LogP contribution in [0.2, 0.25) is 10.0 Å². The van der Waals surface area contributed by atoms with Gasteiger partial charge in [0.2, 0.25) is 11.8 Å². The third-order valence-corrected chi connectivity index (χ3v) is 9.99. The number of sulfonamides is 1. The van der Waals surface area contributed by atoms with E-state index in [0.717, 1.165) is 9.87 Å². The van der Waals surface area contributed by atoms with Crippen LogP contribution in [0.1, 0.15) is 25.0 Å². The second kappa shape index (κ2) is 15.1. The molecule has 4 aromatic rings. The van der Waals surface area contributed by atoms with E-state index in [2.05, 4.69) is 5.32 Å². The number of nitrogens with zero attached hydrogens (tertiary/aromatic N) is 2. The van der Waals surface area contributed by atoms with E-state index < -0.39 is 28.5 Å². The van der Waals surface area contributed by atoms with Crippen molar-refractivity contribution in [3.63, 3.8) is 0 Å². The highest BCUT2D eigenvalue weighted by Gasteiger charge is 2.35. The Morgan fingerprint density at radius 2 is 1.47 bits per heavy atom. The number of anilines is 1. The minimum absolute atomic E-state index is 0.00268. The zero-order valence-electron chi connectivity index (χ0n) is 25.9. The van der Waals surface area contributed by atoms with Crippen molar-refractivity contribution < 1.29 is 27.5 Å². The highest BCUT2D eigenvalue weighted by atomic mass is 35.5. The Kier molecular flexibility index (Phi) is 11.0. The number of nitrogens with one attached hydrogen (secondary N) is 1. The fourth-order valence-corrected chi connectivity index (χ4v) is 6.95. The van der Waals surface area contributed by atoms with Crippen molar-refractivity contribution in [3.05, 3.63) is 118 Å². The number of halogens is 2. The number of benzene rings is 4. The van der Waals surface area contributed by atoms with Crippen molar-refractivity contribution in [2.45, 2.75) is 43.8 Å². The van der Waals surface area contributed by atoms with Gasteiger partial charge in [0.1, 0.15) is 25.8 Å². The van der Waals surface area contributed by atoms with Crippen LogP contribution in [0.5, 0.6) is 11.5 Å². The molecule has 5 rings (SSSR count). The molecule has 0 aromatic heterocycles. The lowest BCUT2D eigenvalue weighted by Crippen LogP contribution is -2.54. The molecule has 1 N–H and O–H groups in total. The first-order valence-corrected chi connectivity index (χ1v) is 17.3. The van der Waals surface area contributed by atoms with E-state index in [1.165, 1.54) is 17.0 Å². The predicted molar refractivity (Wildman–Crippen MR) is 183 cm³/mol. The van der Waals surface area contributed by atoms with Gasteiger partial charge in [-0.15, -0.1) is 0 Å². The van der Waals surface area contributed by atoms with Crippen LogP contribution in [0.15, 0.2) is 102 Å².